The number of aryl methyl sites for hydroxylation is 1. The fraction of sp³-hybridized carbons (Fsp3) is 0.500. The first-order chi connectivity index (χ1) is 14.0. The summed E-state index contributed by atoms with van der Waals surface area (Å²) in [6.07, 6.45) is 4.39. The summed E-state index contributed by atoms with van der Waals surface area (Å²) in [5.41, 5.74) is 1.43. The zero-order chi connectivity index (χ0) is 20.0. The lowest BCUT2D eigenvalue weighted by molar-refractivity contribution is -0.122. The molecular formula is C22H27N5O2. The van der Waals surface area contributed by atoms with Crippen LogP contribution in [-0.4, -0.2) is 46.3 Å². The van der Waals surface area contributed by atoms with E-state index >= 15 is 0 Å². The molecule has 1 aliphatic carbocycles. The maximum absolute atomic E-state index is 13.1. The van der Waals surface area contributed by atoms with E-state index < -0.39 is 0 Å². The van der Waals surface area contributed by atoms with Crippen LogP contribution in [0.1, 0.15) is 37.8 Å². The molecule has 0 bridgehead atoms. The minimum Gasteiger partial charge on any atom is -0.324 e. The van der Waals surface area contributed by atoms with E-state index in [1.807, 2.05) is 53.1 Å². The molecule has 29 heavy (non-hydrogen) atoms. The highest BCUT2D eigenvalue weighted by atomic mass is 16.2. The van der Waals surface area contributed by atoms with E-state index in [1.54, 1.807) is 0 Å². The summed E-state index contributed by atoms with van der Waals surface area (Å²) in [5, 5.41) is 7.74. The van der Waals surface area contributed by atoms with E-state index in [0.717, 1.165) is 36.6 Å². The molecule has 1 saturated heterocycles. The maximum Gasteiger partial charge on any atom is 0.321 e. The second-order valence-corrected chi connectivity index (χ2v) is 8.69. The van der Waals surface area contributed by atoms with Gasteiger partial charge in [0, 0.05) is 31.4 Å². The van der Waals surface area contributed by atoms with Crippen LogP contribution < -0.4 is 10.2 Å². The summed E-state index contributed by atoms with van der Waals surface area (Å²) < 4.78 is 2.10. The summed E-state index contributed by atoms with van der Waals surface area (Å²) in [4.78, 5) is 29.5. The summed E-state index contributed by atoms with van der Waals surface area (Å²) in [6.45, 7) is 4.03. The van der Waals surface area contributed by atoms with Gasteiger partial charge in [0.25, 0.3) is 0 Å². The number of urea groups is 1. The number of nitrogens with one attached hydrogen (secondary N) is 1. The van der Waals surface area contributed by atoms with Crippen LogP contribution in [-0.2, 0) is 10.3 Å². The lowest BCUT2D eigenvalue weighted by atomic mass is 9.82. The average Bonchev–Trinajstić information content (AvgIpc) is 3.45. The topological polar surface area (TPSA) is 70.5 Å². The zero-order valence-electron chi connectivity index (χ0n) is 16.8. The number of piperidine rings is 1. The van der Waals surface area contributed by atoms with Crippen molar-refractivity contribution in [1.29, 1.82) is 0 Å². The Morgan fingerprint density at radius 2 is 1.93 bits per heavy atom. The van der Waals surface area contributed by atoms with Gasteiger partial charge < -0.3 is 10.2 Å². The number of nitrogens with zero attached hydrogens (tertiary/aromatic N) is 4. The predicted octanol–water partition coefficient (Wildman–Crippen LogP) is 3.36. The molecule has 7 heteroatoms. The van der Waals surface area contributed by atoms with Crippen molar-refractivity contribution in [1.82, 2.24) is 14.7 Å². The van der Waals surface area contributed by atoms with Crippen LogP contribution in [0.25, 0.3) is 0 Å². The Morgan fingerprint density at radius 3 is 2.62 bits per heavy atom. The molecule has 0 atom stereocenters. The van der Waals surface area contributed by atoms with Gasteiger partial charge in [-0.05, 0) is 50.7 Å². The van der Waals surface area contributed by atoms with Gasteiger partial charge in [-0.3, -0.25) is 9.69 Å². The SMILES string of the molecule is Cc1cc2n(n1)C1(CCN(C(=O)Nc3ccccc3)CC1)CC(=O)N2CC1CC1. The summed E-state index contributed by atoms with van der Waals surface area (Å²) >= 11 is 0. The summed E-state index contributed by atoms with van der Waals surface area (Å²) in [5.74, 6) is 1.78. The molecular weight excluding hydrogens is 366 g/mol. The van der Waals surface area contributed by atoms with Crippen LogP contribution in [0, 0.1) is 12.8 Å². The fourth-order valence-electron chi connectivity index (χ4n) is 4.60. The van der Waals surface area contributed by atoms with Gasteiger partial charge in [0.2, 0.25) is 5.91 Å². The number of carbonyl (C=O) groups is 2. The third-order valence-electron chi connectivity index (χ3n) is 6.46. The first kappa shape index (κ1) is 18.2. The lowest BCUT2D eigenvalue weighted by Gasteiger charge is -2.46. The zero-order valence-corrected chi connectivity index (χ0v) is 16.8. The Hall–Kier alpha value is -2.83. The van der Waals surface area contributed by atoms with Crippen molar-refractivity contribution >= 4 is 23.4 Å². The van der Waals surface area contributed by atoms with Gasteiger partial charge in [0.15, 0.2) is 0 Å². The number of amides is 3. The van der Waals surface area contributed by atoms with Gasteiger partial charge in [-0.25, -0.2) is 9.48 Å². The van der Waals surface area contributed by atoms with Crippen molar-refractivity contribution in [3.05, 3.63) is 42.1 Å². The predicted molar refractivity (Wildman–Crippen MR) is 111 cm³/mol. The molecule has 0 radical (unpaired) electrons. The largest absolute Gasteiger partial charge is 0.324 e. The quantitative estimate of drug-likeness (QED) is 0.869. The molecule has 1 spiro atoms. The first-order valence-electron chi connectivity index (χ1n) is 10.5. The number of carbonyl (C=O) groups excluding carboxylic acids is 2. The van der Waals surface area contributed by atoms with Crippen molar-refractivity contribution in [2.75, 3.05) is 29.9 Å². The molecule has 152 valence electrons. The summed E-state index contributed by atoms with van der Waals surface area (Å²) in [6, 6.07) is 11.5. The second kappa shape index (κ2) is 6.90. The van der Waals surface area contributed by atoms with Gasteiger partial charge in [0.05, 0.1) is 17.7 Å². The van der Waals surface area contributed by atoms with Crippen LogP contribution >= 0.6 is 0 Å². The number of fused-ring (bicyclic) bond motifs is 2. The molecule has 2 aliphatic heterocycles. The van der Waals surface area contributed by atoms with Crippen LogP contribution in [0.4, 0.5) is 16.3 Å². The number of aromatic nitrogens is 2. The van der Waals surface area contributed by atoms with Crippen molar-refractivity contribution in [3.8, 4) is 0 Å². The number of para-hydroxylation sites is 1. The molecule has 7 nitrogen and oxygen atoms in total. The Kier molecular flexibility index (Phi) is 4.33. The molecule has 1 saturated carbocycles. The van der Waals surface area contributed by atoms with Gasteiger partial charge >= 0.3 is 6.03 Å². The van der Waals surface area contributed by atoms with E-state index in [0.29, 0.717) is 25.4 Å². The van der Waals surface area contributed by atoms with Crippen LogP contribution in [0.5, 0.6) is 0 Å². The Balaban J connectivity index is 1.32. The second-order valence-electron chi connectivity index (χ2n) is 8.69. The fourth-order valence-corrected chi connectivity index (χ4v) is 4.60. The van der Waals surface area contributed by atoms with Gasteiger partial charge in [-0.1, -0.05) is 18.2 Å². The minimum atomic E-state index is -0.315. The number of hydrogen-bond acceptors (Lipinski definition) is 3. The van der Waals surface area contributed by atoms with Crippen molar-refractivity contribution in [2.45, 2.75) is 44.6 Å². The monoisotopic (exact) mass is 393 g/mol. The van der Waals surface area contributed by atoms with Gasteiger partial charge in [-0.15, -0.1) is 0 Å². The summed E-state index contributed by atoms with van der Waals surface area (Å²) in [7, 11) is 0. The van der Waals surface area contributed by atoms with Crippen molar-refractivity contribution in [2.24, 2.45) is 5.92 Å². The van der Waals surface area contributed by atoms with Crippen molar-refractivity contribution in [3.63, 3.8) is 0 Å². The molecule has 1 aromatic carbocycles. The average molecular weight is 393 g/mol. The van der Waals surface area contributed by atoms with Gasteiger partial charge in [-0.2, -0.15) is 5.10 Å². The van der Waals surface area contributed by atoms with E-state index in [1.165, 1.54) is 12.8 Å². The van der Waals surface area contributed by atoms with E-state index in [2.05, 4.69) is 10.00 Å². The maximum atomic E-state index is 13.1. The normalized spacial score (nSPS) is 20.7. The lowest BCUT2D eigenvalue weighted by Crippen LogP contribution is -2.55. The molecule has 1 aromatic heterocycles. The van der Waals surface area contributed by atoms with Crippen molar-refractivity contribution < 1.29 is 9.59 Å². The molecule has 3 amide bonds. The van der Waals surface area contributed by atoms with E-state index in [-0.39, 0.29) is 17.5 Å². The van der Waals surface area contributed by atoms with Crippen LogP contribution in [0.15, 0.2) is 36.4 Å². The highest BCUT2D eigenvalue weighted by Crippen LogP contribution is 2.43. The number of anilines is 2. The minimum absolute atomic E-state index is 0.0829. The molecule has 2 fully saturated rings. The Bertz CT molecular complexity index is 926. The van der Waals surface area contributed by atoms with Crippen LogP contribution in [0.3, 0.4) is 0 Å². The number of rotatable bonds is 3. The van der Waals surface area contributed by atoms with E-state index in [4.69, 9.17) is 5.10 Å². The Labute approximate surface area is 170 Å². The number of benzene rings is 1. The standard InChI is InChI=1S/C22H27N5O2/c1-16-13-19-26(15-17-7-8-17)20(28)14-22(27(19)24-16)9-11-25(12-10-22)21(29)23-18-5-3-2-4-6-18/h2-6,13,17H,7-12,14-15H2,1H3,(H,23,29). The molecule has 3 heterocycles. The molecule has 5 rings (SSSR count). The van der Waals surface area contributed by atoms with Crippen LogP contribution in [0.2, 0.25) is 0 Å². The molecule has 2 aromatic rings. The first-order valence-corrected chi connectivity index (χ1v) is 10.5. The number of hydrogen-bond donors (Lipinski definition) is 1. The molecule has 1 N–H and O–H groups in total. The Morgan fingerprint density at radius 1 is 1.21 bits per heavy atom. The smallest absolute Gasteiger partial charge is 0.321 e. The third kappa shape index (κ3) is 3.39. The molecule has 3 aliphatic rings. The molecule has 0 unspecified atom stereocenters. The van der Waals surface area contributed by atoms with E-state index in [9.17, 15) is 9.59 Å². The third-order valence-corrected chi connectivity index (χ3v) is 6.46. The van der Waals surface area contributed by atoms with Gasteiger partial charge in [0.1, 0.15) is 5.82 Å². The highest BCUT2D eigenvalue weighted by molar-refractivity contribution is 5.95. The highest BCUT2D eigenvalue weighted by Gasteiger charge is 2.47. The number of likely N-dealkylation sites (tertiary alicyclic amines) is 1.